The lowest BCUT2D eigenvalue weighted by Gasteiger charge is -1.94. The van der Waals surface area contributed by atoms with Gasteiger partial charge in [0, 0.05) is 7.05 Å². The normalized spacial score (nSPS) is 10.6. The fourth-order valence-corrected chi connectivity index (χ4v) is 0.269. The molecule has 0 aromatic carbocycles. The average molecular weight is 128 g/mol. The third-order valence-electron chi connectivity index (χ3n) is 0.744. The number of hydrogen-bond acceptors (Lipinski definition) is 4. The molecule has 4 heteroatoms. The van der Waals surface area contributed by atoms with Crippen LogP contribution in [0.4, 0.5) is 0 Å². The first-order chi connectivity index (χ1) is 4.16. The summed E-state index contributed by atoms with van der Waals surface area (Å²) >= 11 is 0. The fourth-order valence-electron chi connectivity index (χ4n) is 0.269. The van der Waals surface area contributed by atoms with Crippen molar-refractivity contribution in [3.63, 3.8) is 0 Å². The van der Waals surface area contributed by atoms with Gasteiger partial charge in [0.15, 0.2) is 0 Å². The largest absolute Gasteiger partial charge is 0.386 e. The Kier molecular flexibility index (Phi) is 3.12. The van der Waals surface area contributed by atoms with E-state index in [4.69, 9.17) is 17.2 Å². The van der Waals surface area contributed by atoms with Crippen LogP contribution < -0.4 is 22.5 Å². The van der Waals surface area contributed by atoms with E-state index in [0.29, 0.717) is 5.82 Å². The minimum absolute atomic E-state index is 0.244. The lowest BCUT2D eigenvalue weighted by atomic mass is 10.5. The van der Waals surface area contributed by atoms with Crippen molar-refractivity contribution in [3.05, 3.63) is 23.8 Å². The zero-order valence-electron chi connectivity index (χ0n) is 5.39. The molecule has 0 spiro atoms. The van der Waals surface area contributed by atoms with Gasteiger partial charge in [-0.3, -0.25) is 0 Å². The summed E-state index contributed by atoms with van der Waals surface area (Å²) in [6.45, 7) is 0. The number of nitrogens with two attached hydrogens (primary N) is 3. The van der Waals surface area contributed by atoms with Crippen molar-refractivity contribution in [1.82, 2.24) is 5.32 Å². The Bertz CT molecular complexity index is 132. The topological polar surface area (TPSA) is 90.1 Å². The maximum atomic E-state index is 5.32. The fraction of sp³-hybridized carbons (Fsp3) is 0.200. The van der Waals surface area contributed by atoms with Crippen LogP contribution in [0, 0.1) is 0 Å². The highest BCUT2D eigenvalue weighted by molar-refractivity contribution is 5.10. The summed E-state index contributed by atoms with van der Waals surface area (Å²) in [5.74, 6) is 0.775. The van der Waals surface area contributed by atoms with Gasteiger partial charge in [-0.2, -0.15) is 0 Å². The van der Waals surface area contributed by atoms with Crippen molar-refractivity contribution >= 4 is 0 Å². The molecule has 0 heterocycles. The predicted molar refractivity (Wildman–Crippen MR) is 37.8 cm³/mol. The molecule has 0 radical (unpaired) electrons. The van der Waals surface area contributed by atoms with Gasteiger partial charge in [-0.05, 0) is 12.2 Å². The molecule has 0 atom stereocenters. The lowest BCUT2D eigenvalue weighted by Crippen LogP contribution is -2.14. The Morgan fingerprint density at radius 3 is 2.11 bits per heavy atom. The molecule has 0 aliphatic rings. The molecular formula is C5H12N4. The van der Waals surface area contributed by atoms with E-state index in [9.17, 15) is 0 Å². The van der Waals surface area contributed by atoms with Crippen LogP contribution in [0.3, 0.4) is 0 Å². The van der Waals surface area contributed by atoms with Crippen LogP contribution in [-0.4, -0.2) is 7.05 Å². The summed E-state index contributed by atoms with van der Waals surface area (Å²) in [5.41, 5.74) is 15.5. The molecule has 0 amide bonds. The van der Waals surface area contributed by atoms with Crippen LogP contribution in [0.15, 0.2) is 23.8 Å². The summed E-state index contributed by atoms with van der Waals surface area (Å²) in [7, 11) is 1.71. The van der Waals surface area contributed by atoms with Crippen molar-refractivity contribution in [3.8, 4) is 0 Å². The monoisotopic (exact) mass is 128 g/mol. The standard InChI is InChI=1S/C5H12N4/c1-9-5(8)3-2-4(6)7/h2-3,9H,6-8H2,1H3/b5-3+. The summed E-state index contributed by atoms with van der Waals surface area (Å²) in [6, 6.07) is 0. The zero-order chi connectivity index (χ0) is 7.28. The molecule has 0 aromatic heterocycles. The highest BCUT2D eigenvalue weighted by atomic mass is 14.9. The first-order valence-electron chi connectivity index (χ1n) is 2.53. The van der Waals surface area contributed by atoms with E-state index in [0.717, 1.165) is 0 Å². The van der Waals surface area contributed by atoms with Crippen LogP contribution in [0.25, 0.3) is 0 Å². The van der Waals surface area contributed by atoms with Gasteiger partial charge in [0.1, 0.15) is 0 Å². The van der Waals surface area contributed by atoms with Gasteiger partial charge >= 0.3 is 0 Å². The molecule has 52 valence electrons. The minimum Gasteiger partial charge on any atom is -0.386 e. The van der Waals surface area contributed by atoms with E-state index < -0.39 is 0 Å². The number of allylic oxidation sites excluding steroid dienone is 2. The molecule has 4 nitrogen and oxygen atoms in total. The van der Waals surface area contributed by atoms with E-state index in [2.05, 4.69) is 5.32 Å². The maximum absolute atomic E-state index is 5.32. The zero-order valence-corrected chi connectivity index (χ0v) is 5.39. The maximum Gasteiger partial charge on any atom is 0.0958 e. The van der Waals surface area contributed by atoms with Crippen molar-refractivity contribution in [2.75, 3.05) is 7.05 Å². The SMILES string of the molecule is CN/C(N)=C/C=C(N)N. The van der Waals surface area contributed by atoms with Crippen LogP contribution in [0.1, 0.15) is 0 Å². The summed E-state index contributed by atoms with van der Waals surface area (Å²) in [5, 5.41) is 2.70. The summed E-state index contributed by atoms with van der Waals surface area (Å²) < 4.78 is 0. The molecule has 0 aliphatic carbocycles. The number of nitrogens with one attached hydrogen (secondary N) is 1. The van der Waals surface area contributed by atoms with Gasteiger partial charge in [-0.25, -0.2) is 0 Å². The molecule has 0 saturated carbocycles. The Balaban J connectivity index is 3.83. The molecule has 0 aliphatic heterocycles. The average Bonchev–Trinajstić information content (AvgIpc) is 1.83. The van der Waals surface area contributed by atoms with Gasteiger partial charge in [0.05, 0.1) is 11.6 Å². The molecule has 0 rings (SSSR count). The van der Waals surface area contributed by atoms with Crippen LogP contribution in [-0.2, 0) is 0 Å². The third-order valence-corrected chi connectivity index (χ3v) is 0.744. The highest BCUT2D eigenvalue weighted by Gasteiger charge is 1.77. The van der Waals surface area contributed by atoms with Crippen molar-refractivity contribution in [2.24, 2.45) is 17.2 Å². The van der Waals surface area contributed by atoms with Crippen molar-refractivity contribution in [1.29, 1.82) is 0 Å². The van der Waals surface area contributed by atoms with Gasteiger partial charge in [0.2, 0.25) is 0 Å². The first-order valence-corrected chi connectivity index (χ1v) is 2.53. The molecule has 0 saturated heterocycles. The Labute approximate surface area is 54.4 Å². The Morgan fingerprint density at radius 2 is 1.78 bits per heavy atom. The van der Waals surface area contributed by atoms with Crippen molar-refractivity contribution in [2.45, 2.75) is 0 Å². The van der Waals surface area contributed by atoms with Gasteiger partial charge < -0.3 is 22.5 Å². The predicted octanol–water partition coefficient (Wildman–Crippen LogP) is -1.24. The van der Waals surface area contributed by atoms with Gasteiger partial charge in [-0.1, -0.05) is 0 Å². The number of hydrogen-bond donors (Lipinski definition) is 4. The summed E-state index contributed by atoms with van der Waals surface area (Å²) in [4.78, 5) is 0. The lowest BCUT2D eigenvalue weighted by molar-refractivity contribution is 0.964. The number of rotatable bonds is 2. The quantitative estimate of drug-likeness (QED) is 0.350. The molecular weight excluding hydrogens is 116 g/mol. The second-order valence-electron chi connectivity index (χ2n) is 1.54. The van der Waals surface area contributed by atoms with Gasteiger partial charge in [0.25, 0.3) is 0 Å². The van der Waals surface area contributed by atoms with Crippen LogP contribution in [0.2, 0.25) is 0 Å². The van der Waals surface area contributed by atoms with E-state index in [1.54, 1.807) is 13.1 Å². The summed E-state index contributed by atoms with van der Waals surface area (Å²) in [6.07, 6.45) is 3.11. The smallest absolute Gasteiger partial charge is 0.0958 e. The molecule has 9 heavy (non-hydrogen) atoms. The van der Waals surface area contributed by atoms with E-state index in [1.165, 1.54) is 6.08 Å². The van der Waals surface area contributed by atoms with Crippen LogP contribution >= 0.6 is 0 Å². The van der Waals surface area contributed by atoms with Gasteiger partial charge in [-0.15, -0.1) is 0 Å². The molecule has 0 aromatic rings. The minimum atomic E-state index is 0.244. The Hall–Kier alpha value is -1.32. The van der Waals surface area contributed by atoms with E-state index in [1.807, 2.05) is 0 Å². The van der Waals surface area contributed by atoms with Crippen molar-refractivity contribution < 1.29 is 0 Å². The molecule has 0 unspecified atom stereocenters. The molecule has 0 bridgehead atoms. The third kappa shape index (κ3) is 4.53. The second-order valence-corrected chi connectivity index (χ2v) is 1.54. The van der Waals surface area contributed by atoms with E-state index in [-0.39, 0.29) is 5.82 Å². The first kappa shape index (κ1) is 7.68. The second kappa shape index (κ2) is 3.65. The highest BCUT2D eigenvalue weighted by Crippen LogP contribution is 1.77. The Morgan fingerprint density at radius 1 is 1.22 bits per heavy atom. The molecule has 0 fully saturated rings. The molecule has 7 N–H and O–H groups in total. The van der Waals surface area contributed by atoms with Crippen LogP contribution in [0.5, 0.6) is 0 Å². The van der Waals surface area contributed by atoms with E-state index >= 15 is 0 Å².